The Kier molecular flexibility index (Phi) is 4.07. The fourth-order valence-electron chi connectivity index (χ4n) is 1.61. The molecule has 0 aliphatic carbocycles. The van der Waals surface area contributed by atoms with E-state index in [1.54, 1.807) is 7.11 Å². The molecule has 2 rings (SSSR count). The highest BCUT2D eigenvalue weighted by Crippen LogP contribution is 2.17. The number of hydrogen-bond acceptors (Lipinski definition) is 3. The van der Waals surface area contributed by atoms with E-state index in [0.717, 1.165) is 22.7 Å². The molecule has 0 radical (unpaired) electrons. The fraction of sp³-hybridized carbons (Fsp3) is 0.200. The maximum absolute atomic E-state index is 5.70. The minimum atomic E-state index is 0.558. The van der Waals surface area contributed by atoms with E-state index in [4.69, 9.17) is 9.47 Å². The lowest BCUT2D eigenvalue weighted by atomic mass is 10.2. The van der Waals surface area contributed by atoms with Gasteiger partial charge in [-0.25, -0.2) is 0 Å². The summed E-state index contributed by atoms with van der Waals surface area (Å²) >= 11 is 0. The monoisotopic (exact) mass is 243 g/mol. The highest BCUT2D eigenvalue weighted by molar-refractivity contribution is 5.45. The van der Waals surface area contributed by atoms with Crippen molar-refractivity contribution in [3.8, 4) is 11.5 Å². The third kappa shape index (κ3) is 3.17. The number of ether oxygens (including phenoxy) is 2. The standard InChI is InChI=1S/C15H17NO2/c1-16-13-5-9-15(10-6-13)18-11-12-3-7-14(17-2)8-4-12/h3-10,16H,11H2,1-2H3. The van der Waals surface area contributed by atoms with Gasteiger partial charge >= 0.3 is 0 Å². The molecular weight excluding hydrogens is 226 g/mol. The third-order valence-electron chi connectivity index (χ3n) is 2.71. The molecular formula is C15H17NO2. The van der Waals surface area contributed by atoms with Gasteiger partial charge in [-0.2, -0.15) is 0 Å². The molecule has 0 saturated heterocycles. The van der Waals surface area contributed by atoms with E-state index in [9.17, 15) is 0 Å². The van der Waals surface area contributed by atoms with Crippen LogP contribution < -0.4 is 14.8 Å². The average Bonchev–Trinajstić information content (AvgIpc) is 2.46. The lowest BCUT2D eigenvalue weighted by molar-refractivity contribution is 0.306. The number of benzene rings is 2. The number of anilines is 1. The van der Waals surface area contributed by atoms with Crippen molar-refractivity contribution >= 4 is 5.69 Å². The first-order chi connectivity index (χ1) is 8.81. The average molecular weight is 243 g/mol. The van der Waals surface area contributed by atoms with Crippen LogP contribution in [0, 0.1) is 0 Å². The first kappa shape index (κ1) is 12.3. The van der Waals surface area contributed by atoms with Crippen LogP contribution in [0.5, 0.6) is 11.5 Å². The highest BCUT2D eigenvalue weighted by Gasteiger charge is 1.97. The lowest BCUT2D eigenvalue weighted by Gasteiger charge is -2.08. The van der Waals surface area contributed by atoms with Crippen LogP contribution in [0.15, 0.2) is 48.5 Å². The summed E-state index contributed by atoms with van der Waals surface area (Å²) in [6, 6.07) is 15.8. The molecule has 0 unspecified atom stereocenters. The van der Waals surface area contributed by atoms with Gasteiger partial charge in [0.25, 0.3) is 0 Å². The van der Waals surface area contributed by atoms with Gasteiger partial charge in [0.1, 0.15) is 18.1 Å². The predicted octanol–water partition coefficient (Wildman–Crippen LogP) is 3.32. The van der Waals surface area contributed by atoms with Gasteiger partial charge in [0.2, 0.25) is 0 Å². The summed E-state index contributed by atoms with van der Waals surface area (Å²) in [7, 11) is 3.56. The molecule has 0 heterocycles. The molecule has 0 atom stereocenters. The molecule has 2 aromatic rings. The molecule has 0 fully saturated rings. The summed E-state index contributed by atoms with van der Waals surface area (Å²) in [6.45, 7) is 0.558. The Balaban J connectivity index is 1.93. The van der Waals surface area contributed by atoms with Crippen LogP contribution >= 0.6 is 0 Å². The SMILES string of the molecule is CNc1ccc(OCc2ccc(OC)cc2)cc1. The minimum Gasteiger partial charge on any atom is -0.497 e. The van der Waals surface area contributed by atoms with Gasteiger partial charge in [-0.15, -0.1) is 0 Å². The van der Waals surface area contributed by atoms with Crippen molar-refractivity contribution in [2.75, 3.05) is 19.5 Å². The molecule has 18 heavy (non-hydrogen) atoms. The molecule has 3 nitrogen and oxygen atoms in total. The van der Waals surface area contributed by atoms with E-state index in [1.165, 1.54) is 0 Å². The molecule has 2 aromatic carbocycles. The second-order valence-electron chi connectivity index (χ2n) is 3.91. The second-order valence-corrected chi connectivity index (χ2v) is 3.91. The molecule has 0 spiro atoms. The lowest BCUT2D eigenvalue weighted by Crippen LogP contribution is -1.95. The van der Waals surface area contributed by atoms with Gasteiger partial charge in [-0.05, 0) is 42.0 Å². The van der Waals surface area contributed by atoms with Crippen molar-refractivity contribution in [3.05, 3.63) is 54.1 Å². The molecule has 0 saturated carbocycles. The molecule has 0 aliphatic rings. The Labute approximate surface area is 107 Å². The summed E-state index contributed by atoms with van der Waals surface area (Å²) in [5.41, 5.74) is 2.19. The van der Waals surface area contributed by atoms with E-state index < -0.39 is 0 Å². The number of methoxy groups -OCH3 is 1. The first-order valence-corrected chi connectivity index (χ1v) is 5.85. The van der Waals surface area contributed by atoms with Crippen LogP contribution in [-0.4, -0.2) is 14.2 Å². The molecule has 0 bridgehead atoms. The van der Waals surface area contributed by atoms with Crippen molar-refractivity contribution in [2.24, 2.45) is 0 Å². The molecule has 1 N–H and O–H groups in total. The van der Waals surface area contributed by atoms with E-state index >= 15 is 0 Å². The number of rotatable bonds is 5. The van der Waals surface area contributed by atoms with Crippen molar-refractivity contribution in [2.45, 2.75) is 6.61 Å². The Morgan fingerprint density at radius 2 is 1.50 bits per heavy atom. The van der Waals surface area contributed by atoms with Gasteiger partial charge in [0, 0.05) is 12.7 Å². The van der Waals surface area contributed by atoms with Crippen molar-refractivity contribution in [3.63, 3.8) is 0 Å². The van der Waals surface area contributed by atoms with Crippen LogP contribution in [0.1, 0.15) is 5.56 Å². The zero-order valence-corrected chi connectivity index (χ0v) is 10.6. The van der Waals surface area contributed by atoms with E-state index in [-0.39, 0.29) is 0 Å². The van der Waals surface area contributed by atoms with Gasteiger partial charge in [-0.1, -0.05) is 12.1 Å². The molecule has 3 heteroatoms. The topological polar surface area (TPSA) is 30.5 Å². The third-order valence-corrected chi connectivity index (χ3v) is 2.71. The normalized spacial score (nSPS) is 9.89. The molecule has 0 amide bonds. The van der Waals surface area contributed by atoms with Crippen molar-refractivity contribution in [1.29, 1.82) is 0 Å². The Bertz CT molecular complexity index is 429. The highest BCUT2D eigenvalue weighted by atomic mass is 16.5. The number of nitrogens with one attached hydrogen (secondary N) is 1. The zero-order chi connectivity index (χ0) is 12.8. The summed E-state index contributed by atoms with van der Waals surface area (Å²) in [4.78, 5) is 0. The Morgan fingerprint density at radius 1 is 0.889 bits per heavy atom. The van der Waals surface area contributed by atoms with Gasteiger partial charge in [0.15, 0.2) is 0 Å². The van der Waals surface area contributed by atoms with Crippen molar-refractivity contribution < 1.29 is 9.47 Å². The molecule has 0 aliphatic heterocycles. The van der Waals surface area contributed by atoms with Gasteiger partial charge < -0.3 is 14.8 Å². The summed E-state index contributed by atoms with van der Waals surface area (Å²) in [5.74, 6) is 1.72. The van der Waals surface area contributed by atoms with Crippen LogP contribution in [-0.2, 0) is 6.61 Å². The second kappa shape index (κ2) is 5.96. The van der Waals surface area contributed by atoms with E-state index in [2.05, 4.69) is 5.32 Å². The zero-order valence-electron chi connectivity index (χ0n) is 10.6. The minimum absolute atomic E-state index is 0.558. The summed E-state index contributed by atoms with van der Waals surface area (Å²) < 4.78 is 10.8. The summed E-state index contributed by atoms with van der Waals surface area (Å²) in [6.07, 6.45) is 0. The quantitative estimate of drug-likeness (QED) is 0.873. The van der Waals surface area contributed by atoms with Gasteiger partial charge in [0.05, 0.1) is 7.11 Å². The largest absolute Gasteiger partial charge is 0.497 e. The smallest absolute Gasteiger partial charge is 0.119 e. The first-order valence-electron chi connectivity index (χ1n) is 5.85. The number of hydrogen-bond donors (Lipinski definition) is 1. The maximum atomic E-state index is 5.70. The molecule has 94 valence electrons. The van der Waals surface area contributed by atoms with Crippen LogP contribution in [0.3, 0.4) is 0 Å². The van der Waals surface area contributed by atoms with Crippen LogP contribution in [0.2, 0.25) is 0 Å². The Hall–Kier alpha value is -2.16. The predicted molar refractivity (Wildman–Crippen MR) is 73.3 cm³/mol. The maximum Gasteiger partial charge on any atom is 0.119 e. The summed E-state index contributed by atoms with van der Waals surface area (Å²) in [5, 5.41) is 3.07. The van der Waals surface area contributed by atoms with Crippen molar-refractivity contribution in [1.82, 2.24) is 0 Å². The van der Waals surface area contributed by atoms with E-state index in [1.807, 2.05) is 55.6 Å². The van der Waals surface area contributed by atoms with E-state index in [0.29, 0.717) is 6.61 Å². The van der Waals surface area contributed by atoms with Crippen LogP contribution in [0.25, 0.3) is 0 Å². The fourth-order valence-corrected chi connectivity index (χ4v) is 1.61. The molecule has 0 aromatic heterocycles. The Morgan fingerprint density at radius 3 is 2.06 bits per heavy atom. The van der Waals surface area contributed by atoms with Crippen LogP contribution in [0.4, 0.5) is 5.69 Å². The van der Waals surface area contributed by atoms with Gasteiger partial charge in [-0.3, -0.25) is 0 Å².